The maximum atomic E-state index is 11.0. The monoisotopic (exact) mass is 373 g/mol. The lowest BCUT2D eigenvalue weighted by molar-refractivity contribution is -0.118. The van der Waals surface area contributed by atoms with Crippen LogP contribution in [0.25, 0.3) is 6.08 Å². The zero-order valence-electron chi connectivity index (χ0n) is 14.2. The predicted octanol–water partition coefficient (Wildman–Crippen LogP) is 1.31. The Morgan fingerprint density at radius 1 is 1.31 bits per heavy atom. The van der Waals surface area contributed by atoms with Crippen LogP contribution in [-0.4, -0.2) is 27.7 Å². The van der Waals surface area contributed by atoms with E-state index in [4.69, 9.17) is 11.5 Å². The Morgan fingerprint density at radius 2 is 2.04 bits per heavy atom. The lowest BCUT2D eigenvalue weighted by atomic mass is 10.1. The highest BCUT2D eigenvalue weighted by atomic mass is 32.1. The highest BCUT2D eigenvalue weighted by Gasteiger charge is 2.12. The van der Waals surface area contributed by atoms with Crippen molar-refractivity contribution in [2.45, 2.75) is 13.8 Å². The first-order valence-corrected chi connectivity index (χ1v) is 8.31. The number of carbonyl (C=O) groups excluding carboxylic acids is 1. The number of nitrogens with one attached hydrogen (secondary N) is 2. The van der Waals surface area contributed by atoms with Crippen molar-refractivity contribution in [2.24, 2.45) is 21.7 Å². The zero-order valence-corrected chi connectivity index (χ0v) is 15.0. The van der Waals surface area contributed by atoms with E-state index in [-0.39, 0.29) is 17.6 Å². The first-order valence-electron chi connectivity index (χ1n) is 7.50. The number of rotatable bonds is 6. The molecule has 1 aromatic carbocycles. The molecule has 0 radical (unpaired) electrons. The fourth-order valence-corrected chi connectivity index (χ4v) is 2.78. The lowest BCUT2D eigenvalue weighted by Gasteiger charge is -2.00. The molecule has 0 bridgehead atoms. The van der Waals surface area contributed by atoms with Gasteiger partial charge in [0.1, 0.15) is 11.5 Å². The van der Waals surface area contributed by atoms with Crippen LogP contribution < -0.4 is 22.3 Å². The van der Waals surface area contributed by atoms with Gasteiger partial charge in [-0.3, -0.25) is 15.6 Å². The molecule has 0 atom stereocenters. The van der Waals surface area contributed by atoms with Gasteiger partial charge in [-0.05, 0) is 25.1 Å². The maximum absolute atomic E-state index is 11.0. The fraction of sp³-hybridized carbons (Fsp3) is 0.125. The maximum Gasteiger partial charge on any atom is 0.235 e. The number of guanidine groups is 1. The number of aromatic hydroxyl groups is 1. The summed E-state index contributed by atoms with van der Waals surface area (Å²) in [7, 11) is 0. The van der Waals surface area contributed by atoms with Crippen LogP contribution in [0.1, 0.15) is 23.1 Å². The van der Waals surface area contributed by atoms with Crippen molar-refractivity contribution in [3.63, 3.8) is 0 Å². The molecule has 26 heavy (non-hydrogen) atoms. The number of hydrazine groups is 1. The summed E-state index contributed by atoms with van der Waals surface area (Å²) in [5, 5.41) is 18.1. The quantitative estimate of drug-likeness (QED) is 0.292. The van der Waals surface area contributed by atoms with Gasteiger partial charge >= 0.3 is 0 Å². The Kier molecular flexibility index (Phi) is 6.28. The van der Waals surface area contributed by atoms with E-state index in [1.54, 1.807) is 43.3 Å². The number of phenolic OH excluding ortho intramolecular Hbond substituents is 1. The average molecular weight is 373 g/mol. The minimum atomic E-state index is -0.242. The molecule has 7 N–H and O–H groups in total. The number of benzene rings is 1. The first-order chi connectivity index (χ1) is 12.4. The van der Waals surface area contributed by atoms with Crippen LogP contribution in [-0.2, 0) is 4.79 Å². The van der Waals surface area contributed by atoms with Crippen molar-refractivity contribution >= 4 is 40.1 Å². The second kappa shape index (κ2) is 8.62. The number of amides is 1. The summed E-state index contributed by atoms with van der Waals surface area (Å²) in [6, 6.07) is 6.88. The van der Waals surface area contributed by atoms with Gasteiger partial charge in [-0.2, -0.15) is 0 Å². The minimum absolute atomic E-state index is 0.138. The summed E-state index contributed by atoms with van der Waals surface area (Å²) in [4.78, 5) is 16.0. The Morgan fingerprint density at radius 3 is 2.69 bits per heavy atom. The van der Waals surface area contributed by atoms with Crippen LogP contribution in [0.3, 0.4) is 0 Å². The van der Waals surface area contributed by atoms with Gasteiger partial charge in [0.25, 0.3) is 0 Å². The number of hydrogen-bond acceptors (Lipinski definition) is 7. The molecule has 0 aliphatic rings. The van der Waals surface area contributed by atoms with Crippen molar-refractivity contribution in [3.05, 3.63) is 46.5 Å². The SMILES string of the molecule is CC(=O)NNc1nc(C)c(C(/C=C\c2ccccc2O)=N\N=C(N)N)s1. The summed E-state index contributed by atoms with van der Waals surface area (Å²) >= 11 is 1.27. The molecular weight excluding hydrogens is 354 g/mol. The summed E-state index contributed by atoms with van der Waals surface area (Å²) in [6.45, 7) is 3.18. The molecule has 0 unspecified atom stereocenters. The molecule has 0 saturated heterocycles. The number of carbonyl (C=O) groups is 1. The normalized spacial score (nSPS) is 11.4. The van der Waals surface area contributed by atoms with Gasteiger partial charge in [0.05, 0.1) is 10.6 Å². The molecule has 2 aromatic rings. The number of phenols is 1. The third-order valence-electron chi connectivity index (χ3n) is 3.01. The average Bonchev–Trinajstić information content (AvgIpc) is 2.95. The molecule has 0 aliphatic carbocycles. The molecule has 1 aromatic heterocycles. The van der Waals surface area contributed by atoms with Gasteiger partial charge in [-0.15, -0.1) is 10.2 Å². The molecule has 10 heteroatoms. The van der Waals surface area contributed by atoms with E-state index in [9.17, 15) is 9.90 Å². The molecule has 0 fully saturated rings. The minimum Gasteiger partial charge on any atom is -0.507 e. The van der Waals surface area contributed by atoms with Crippen molar-refractivity contribution in [3.8, 4) is 5.75 Å². The van der Waals surface area contributed by atoms with Crippen LogP contribution in [0, 0.1) is 6.92 Å². The van der Waals surface area contributed by atoms with E-state index in [0.29, 0.717) is 27.0 Å². The van der Waals surface area contributed by atoms with E-state index in [1.807, 2.05) is 0 Å². The molecule has 1 heterocycles. The van der Waals surface area contributed by atoms with Crippen molar-refractivity contribution < 1.29 is 9.90 Å². The lowest BCUT2D eigenvalue weighted by Crippen LogP contribution is -2.26. The van der Waals surface area contributed by atoms with E-state index >= 15 is 0 Å². The molecule has 2 rings (SSSR count). The van der Waals surface area contributed by atoms with Crippen LogP contribution in [0.5, 0.6) is 5.75 Å². The smallest absolute Gasteiger partial charge is 0.235 e. The number of aromatic nitrogens is 1. The number of nitrogens with two attached hydrogens (primary N) is 2. The van der Waals surface area contributed by atoms with Gasteiger partial charge < -0.3 is 16.6 Å². The van der Waals surface area contributed by atoms with Gasteiger partial charge in [-0.25, -0.2) is 4.98 Å². The standard InChI is InChI=1S/C16H19N7O2S/c1-9-14(26-16(19-9)23-20-10(2)24)12(21-22-15(17)18)8-7-11-5-3-4-6-13(11)25/h3-8,25H,1-2H3,(H,19,23)(H,20,24)(H4,17,18,22)/b8-7-,21-12-. The first kappa shape index (κ1) is 18.9. The van der Waals surface area contributed by atoms with Crippen molar-refractivity contribution in [1.29, 1.82) is 0 Å². The number of hydrogen-bond donors (Lipinski definition) is 5. The van der Waals surface area contributed by atoms with Gasteiger partial charge in [0.2, 0.25) is 17.0 Å². The van der Waals surface area contributed by atoms with E-state index in [1.165, 1.54) is 18.3 Å². The largest absolute Gasteiger partial charge is 0.507 e. The fourth-order valence-electron chi connectivity index (χ4n) is 1.89. The molecule has 0 spiro atoms. The number of nitrogens with zero attached hydrogens (tertiary/aromatic N) is 3. The molecule has 0 saturated carbocycles. The Bertz CT molecular complexity index is 882. The number of para-hydroxylation sites is 1. The van der Waals surface area contributed by atoms with Crippen LogP contribution >= 0.6 is 11.3 Å². The number of aryl methyl sites for hydroxylation is 1. The molecule has 9 nitrogen and oxygen atoms in total. The third kappa shape index (κ3) is 5.31. The second-order valence-corrected chi connectivity index (χ2v) is 6.14. The van der Waals surface area contributed by atoms with Gasteiger partial charge in [0, 0.05) is 12.5 Å². The Hall–Kier alpha value is -3.40. The van der Waals surface area contributed by atoms with E-state index in [0.717, 1.165) is 0 Å². The van der Waals surface area contributed by atoms with Crippen molar-refractivity contribution in [2.75, 3.05) is 5.43 Å². The number of allylic oxidation sites excluding steroid dienone is 1. The topological polar surface area (TPSA) is 151 Å². The predicted molar refractivity (Wildman–Crippen MR) is 104 cm³/mol. The third-order valence-corrected chi connectivity index (χ3v) is 4.10. The van der Waals surface area contributed by atoms with Gasteiger partial charge in [0.15, 0.2) is 0 Å². The molecule has 1 amide bonds. The summed E-state index contributed by atoms with van der Waals surface area (Å²) in [5.74, 6) is -0.288. The Labute approximate surface area is 154 Å². The van der Waals surface area contributed by atoms with Crippen LogP contribution in [0.4, 0.5) is 5.13 Å². The van der Waals surface area contributed by atoms with E-state index < -0.39 is 0 Å². The molecule has 0 aliphatic heterocycles. The molecular formula is C16H19N7O2S. The number of anilines is 1. The Balaban J connectivity index is 2.37. The summed E-state index contributed by atoms with van der Waals surface area (Å²) in [6.07, 6.45) is 3.36. The number of thiazole rings is 1. The van der Waals surface area contributed by atoms with Crippen LogP contribution in [0.2, 0.25) is 0 Å². The highest BCUT2D eigenvalue weighted by Crippen LogP contribution is 2.24. The zero-order chi connectivity index (χ0) is 19.1. The highest BCUT2D eigenvalue weighted by molar-refractivity contribution is 7.17. The van der Waals surface area contributed by atoms with Crippen LogP contribution in [0.15, 0.2) is 40.5 Å². The summed E-state index contributed by atoms with van der Waals surface area (Å²) in [5.41, 5.74) is 17.6. The van der Waals surface area contributed by atoms with Gasteiger partial charge in [-0.1, -0.05) is 29.5 Å². The summed E-state index contributed by atoms with van der Waals surface area (Å²) < 4.78 is 0. The van der Waals surface area contributed by atoms with E-state index in [2.05, 4.69) is 26.0 Å². The second-order valence-electron chi connectivity index (χ2n) is 5.14. The van der Waals surface area contributed by atoms with Crippen molar-refractivity contribution in [1.82, 2.24) is 10.4 Å². The molecule has 136 valence electrons.